The Morgan fingerprint density at radius 2 is 1.56 bits per heavy atom. The number of amides is 1. The van der Waals surface area contributed by atoms with Gasteiger partial charge in [0.1, 0.15) is 5.75 Å². The van der Waals surface area contributed by atoms with E-state index in [4.69, 9.17) is 44.7 Å². The average Bonchev–Trinajstić information content (AvgIpc) is 2.74. The molecular weight excluding hydrogens is 499 g/mol. The monoisotopic (exact) mass is 512 g/mol. The van der Waals surface area contributed by atoms with Gasteiger partial charge in [0.25, 0.3) is 5.91 Å². The molecule has 32 heavy (non-hydrogen) atoms. The number of nitrogens with one attached hydrogen (secondary N) is 1. The maximum atomic E-state index is 12.8. The zero-order chi connectivity index (χ0) is 23.5. The van der Waals surface area contributed by atoms with Gasteiger partial charge in [0.2, 0.25) is 10.0 Å². The molecule has 0 radical (unpaired) electrons. The van der Waals surface area contributed by atoms with Crippen molar-refractivity contribution >= 4 is 62.2 Å². The lowest BCUT2D eigenvalue weighted by Crippen LogP contribution is -2.21. The molecule has 11 heteroatoms. The molecule has 166 valence electrons. The van der Waals surface area contributed by atoms with Gasteiger partial charge in [0.05, 0.1) is 26.2 Å². The Morgan fingerprint density at radius 3 is 2.16 bits per heavy atom. The van der Waals surface area contributed by atoms with Gasteiger partial charge in [-0.3, -0.25) is 9.59 Å². The van der Waals surface area contributed by atoms with Gasteiger partial charge < -0.3 is 10.1 Å². The average molecular weight is 514 g/mol. The molecule has 0 atom stereocenters. The number of sulfonamides is 1. The number of rotatable bonds is 7. The maximum absolute atomic E-state index is 12.8. The van der Waals surface area contributed by atoms with Gasteiger partial charge >= 0.3 is 0 Å². The van der Waals surface area contributed by atoms with E-state index in [2.05, 4.69) is 5.32 Å². The van der Waals surface area contributed by atoms with E-state index < -0.39 is 22.5 Å². The fourth-order valence-corrected chi connectivity index (χ4v) is 4.15. The molecule has 0 saturated carbocycles. The van der Waals surface area contributed by atoms with E-state index in [1.54, 1.807) is 30.3 Å². The van der Waals surface area contributed by atoms with E-state index in [9.17, 15) is 18.0 Å². The molecule has 0 aromatic heterocycles. The highest BCUT2D eigenvalue weighted by molar-refractivity contribution is 7.89. The minimum absolute atomic E-state index is 0.00831. The first-order valence-corrected chi connectivity index (χ1v) is 11.6. The molecule has 0 saturated heterocycles. The Bertz CT molecular complexity index is 1280. The van der Waals surface area contributed by atoms with Crippen molar-refractivity contribution in [2.75, 3.05) is 11.9 Å². The van der Waals surface area contributed by atoms with Gasteiger partial charge in [0.15, 0.2) is 12.4 Å². The van der Waals surface area contributed by atoms with Crippen molar-refractivity contribution in [1.29, 1.82) is 0 Å². The first-order valence-electron chi connectivity index (χ1n) is 8.90. The highest BCUT2D eigenvalue weighted by Gasteiger charge is 2.19. The van der Waals surface area contributed by atoms with Crippen molar-refractivity contribution in [3.63, 3.8) is 0 Å². The fraction of sp³-hybridized carbons (Fsp3) is 0.0476. The molecule has 0 bridgehead atoms. The van der Waals surface area contributed by atoms with Gasteiger partial charge in [-0.15, -0.1) is 0 Å². The molecule has 3 N–H and O–H groups in total. The van der Waals surface area contributed by atoms with Crippen LogP contribution in [0.4, 0.5) is 5.69 Å². The molecule has 0 unspecified atom stereocenters. The third kappa shape index (κ3) is 5.79. The van der Waals surface area contributed by atoms with Crippen LogP contribution in [-0.4, -0.2) is 26.7 Å². The van der Waals surface area contributed by atoms with Crippen LogP contribution in [0.2, 0.25) is 15.1 Å². The fourth-order valence-electron chi connectivity index (χ4n) is 2.70. The van der Waals surface area contributed by atoms with Gasteiger partial charge in [-0.1, -0.05) is 65.1 Å². The van der Waals surface area contributed by atoms with Crippen LogP contribution in [0.1, 0.15) is 15.9 Å². The first kappa shape index (κ1) is 24.0. The van der Waals surface area contributed by atoms with Gasteiger partial charge in [0, 0.05) is 10.6 Å². The summed E-state index contributed by atoms with van der Waals surface area (Å²) < 4.78 is 28.5. The lowest BCUT2D eigenvalue weighted by Gasteiger charge is -2.13. The highest BCUT2D eigenvalue weighted by atomic mass is 35.5. The van der Waals surface area contributed by atoms with Crippen LogP contribution < -0.4 is 15.2 Å². The Morgan fingerprint density at radius 1 is 0.938 bits per heavy atom. The number of ketones is 1. The Hall–Kier alpha value is -2.62. The second-order valence-corrected chi connectivity index (χ2v) is 9.29. The van der Waals surface area contributed by atoms with E-state index in [1.165, 1.54) is 18.2 Å². The zero-order valence-electron chi connectivity index (χ0n) is 16.1. The van der Waals surface area contributed by atoms with Crippen molar-refractivity contribution < 1.29 is 22.7 Å². The van der Waals surface area contributed by atoms with Gasteiger partial charge in [-0.25, -0.2) is 13.6 Å². The highest BCUT2D eigenvalue weighted by Crippen LogP contribution is 2.33. The maximum Gasteiger partial charge on any atom is 0.262 e. The van der Waals surface area contributed by atoms with Gasteiger partial charge in [-0.2, -0.15) is 0 Å². The van der Waals surface area contributed by atoms with E-state index in [-0.39, 0.29) is 37.7 Å². The van der Waals surface area contributed by atoms with Crippen LogP contribution >= 0.6 is 34.8 Å². The second-order valence-electron chi connectivity index (χ2n) is 6.48. The number of nitrogens with two attached hydrogens (primary N) is 1. The number of ether oxygens (including phenoxy) is 1. The summed E-state index contributed by atoms with van der Waals surface area (Å²) in [5.41, 5.74) is 0.605. The predicted molar refractivity (Wildman–Crippen MR) is 123 cm³/mol. The normalized spacial score (nSPS) is 11.1. The topological polar surface area (TPSA) is 116 Å². The SMILES string of the molecule is NS(=O)(=O)c1cc(Cl)c(NC(=O)COc2ccc(Cl)cc2C(=O)c2ccccc2)c(Cl)c1. The van der Waals surface area contributed by atoms with E-state index in [1.807, 2.05) is 0 Å². The largest absolute Gasteiger partial charge is 0.483 e. The molecule has 0 aliphatic carbocycles. The van der Waals surface area contributed by atoms with E-state index in [0.717, 1.165) is 12.1 Å². The summed E-state index contributed by atoms with van der Waals surface area (Å²) in [6.07, 6.45) is 0. The zero-order valence-corrected chi connectivity index (χ0v) is 19.2. The van der Waals surface area contributed by atoms with E-state index >= 15 is 0 Å². The standard InChI is InChI=1S/C21H15Cl3N2O5S/c22-13-6-7-18(15(8-13)21(28)12-4-2-1-3-5-12)31-11-19(27)26-20-16(23)9-14(10-17(20)24)32(25,29)30/h1-10H,11H2,(H,26,27)(H2,25,29,30). The number of anilines is 1. The van der Waals surface area contributed by atoms with Crippen molar-refractivity contribution in [3.8, 4) is 5.75 Å². The lowest BCUT2D eigenvalue weighted by atomic mass is 10.0. The quantitative estimate of drug-likeness (QED) is 0.450. The number of carbonyl (C=O) groups excluding carboxylic acids is 2. The number of carbonyl (C=O) groups is 2. The predicted octanol–water partition coefficient (Wildman–Crippen LogP) is 4.54. The molecular formula is C21H15Cl3N2O5S. The summed E-state index contributed by atoms with van der Waals surface area (Å²) in [5.74, 6) is -0.821. The number of hydrogen-bond acceptors (Lipinski definition) is 5. The Balaban J connectivity index is 1.77. The van der Waals surface area contributed by atoms with E-state index in [0.29, 0.717) is 10.6 Å². The molecule has 0 aliphatic rings. The van der Waals surface area contributed by atoms with Gasteiger partial charge in [-0.05, 0) is 30.3 Å². The molecule has 3 rings (SSSR count). The van der Waals surface area contributed by atoms with Crippen molar-refractivity contribution in [2.45, 2.75) is 4.90 Å². The minimum Gasteiger partial charge on any atom is -0.483 e. The van der Waals surface area contributed by atoms with Crippen molar-refractivity contribution in [1.82, 2.24) is 0 Å². The smallest absolute Gasteiger partial charge is 0.262 e. The summed E-state index contributed by atoms with van der Waals surface area (Å²) >= 11 is 18.1. The second kappa shape index (κ2) is 9.89. The summed E-state index contributed by atoms with van der Waals surface area (Å²) in [7, 11) is -4.03. The number of hydrogen-bond donors (Lipinski definition) is 2. The number of halogens is 3. The van der Waals surface area contributed by atoms with Crippen LogP contribution in [0, 0.1) is 0 Å². The number of benzene rings is 3. The van der Waals surface area contributed by atoms with Crippen LogP contribution in [0.3, 0.4) is 0 Å². The third-order valence-electron chi connectivity index (χ3n) is 4.19. The van der Waals surface area contributed by atoms with Crippen LogP contribution in [0.5, 0.6) is 5.75 Å². The minimum atomic E-state index is -4.03. The lowest BCUT2D eigenvalue weighted by molar-refractivity contribution is -0.118. The molecule has 0 heterocycles. The molecule has 0 fully saturated rings. The van der Waals surface area contributed by atoms with Crippen molar-refractivity contribution in [2.24, 2.45) is 5.14 Å². The third-order valence-corrected chi connectivity index (χ3v) is 5.91. The van der Waals surface area contributed by atoms with Crippen LogP contribution in [0.25, 0.3) is 0 Å². The van der Waals surface area contributed by atoms with Crippen molar-refractivity contribution in [3.05, 3.63) is 86.9 Å². The molecule has 3 aromatic carbocycles. The molecule has 3 aromatic rings. The first-order chi connectivity index (χ1) is 15.1. The summed E-state index contributed by atoms with van der Waals surface area (Å²) in [6, 6.07) is 15.1. The summed E-state index contributed by atoms with van der Waals surface area (Å²) in [4.78, 5) is 24.9. The molecule has 7 nitrogen and oxygen atoms in total. The summed E-state index contributed by atoms with van der Waals surface area (Å²) in [6.45, 7) is -0.486. The molecule has 0 spiro atoms. The van der Waals surface area contributed by atoms with Crippen LogP contribution in [0.15, 0.2) is 65.6 Å². The molecule has 1 amide bonds. The number of primary sulfonamides is 1. The molecule has 0 aliphatic heterocycles. The summed E-state index contributed by atoms with van der Waals surface area (Å²) in [5, 5.41) is 7.59. The Kier molecular flexibility index (Phi) is 7.43. The van der Waals surface area contributed by atoms with Crippen LogP contribution in [-0.2, 0) is 14.8 Å². The Labute approximate surface area is 199 Å².